The number of pyridine rings is 1. The normalized spacial score (nSPS) is 14.8. The minimum absolute atomic E-state index is 0.233. The van der Waals surface area contributed by atoms with Gasteiger partial charge in [-0.1, -0.05) is 0 Å². The third-order valence-corrected chi connectivity index (χ3v) is 2.86. The minimum atomic E-state index is -0.948. The molecule has 1 aliphatic carbocycles. The van der Waals surface area contributed by atoms with Gasteiger partial charge in [-0.25, -0.2) is 14.8 Å². The molecule has 0 aromatic carbocycles. The Labute approximate surface area is 97.8 Å². The molecule has 0 radical (unpaired) electrons. The lowest BCUT2D eigenvalue weighted by Crippen LogP contribution is -2.00. The van der Waals surface area contributed by atoms with Crippen molar-refractivity contribution in [2.45, 2.75) is 18.8 Å². The van der Waals surface area contributed by atoms with Crippen LogP contribution in [-0.4, -0.2) is 25.6 Å². The molecule has 0 spiro atoms. The summed E-state index contributed by atoms with van der Waals surface area (Å²) in [5.41, 5.74) is 1.30. The second-order valence-electron chi connectivity index (χ2n) is 4.19. The molecule has 0 atom stereocenters. The van der Waals surface area contributed by atoms with Crippen LogP contribution in [0.5, 0.6) is 0 Å². The molecule has 5 heteroatoms. The summed E-state index contributed by atoms with van der Waals surface area (Å²) in [4.78, 5) is 19.3. The molecule has 1 fully saturated rings. The predicted octanol–water partition coefficient (Wildman–Crippen LogP) is 1.84. The van der Waals surface area contributed by atoms with Gasteiger partial charge in [0.1, 0.15) is 12.1 Å². The quantitative estimate of drug-likeness (QED) is 0.872. The summed E-state index contributed by atoms with van der Waals surface area (Å²) in [6, 6.07) is 3.02. The molecule has 1 N–H and O–H groups in total. The molecule has 0 amide bonds. The van der Waals surface area contributed by atoms with Gasteiger partial charge >= 0.3 is 5.97 Å². The van der Waals surface area contributed by atoms with Crippen molar-refractivity contribution in [3.05, 3.63) is 42.1 Å². The standard InChI is InChI=1S/C12H11N3O2/c16-12(17)9-3-4-13-11(5-9)15-6-10(14-7-15)8-1-2-8/h3-8H,1-2H2,(H,16,17). The van der Waals surface area contributed by atoms with E-state index >= 15 is 0 Å². The topological polar surface area (TPSA) is 68.0 Å². The number of carboxylic acids is 1. The second kappa shape index (κ2) is 3.69. The first-order chi connectivity index (χ1) is 8.24. The fraction of sp³-hybridized carbons (Fsp3) is 0.250. The van der Waals surface area contributed by atoms with Gasteiger partial charge in [-0.3, -0.25) is 4.57 Å². The molecule has 17 heavy (non-hydrogen) atoms. The van der Waals surface area contributed by atoms with E-state index in [-0.39, 0.29) is 5.56 Å². The van der Waals surface area contributed by atoms with Crippen molar-refractivity contribution in [2.24, 2.45) is 0 Å². The van der Waals surface area contributed by atoms with E-state index in [2.05, 4.69) is 9.97 Å². The minimum Gasteiger partial charge on any atom is -0.478 e. The van der Waals surface area contributed by atoms with Crippen LogP contribution in [0, 0.1) is 0 Å². The molecule has 0 bridgehead atoms. The Bertz CT molecular complexity index is 573. The molecule has 0 unspecified atom stereocenters. The molecule has 86 valence electrons. The fourth-order valence-electron chi connectivity index (χ4n) is 1.75. The number of aromatic nitrogens is 3. The van der Waals surface area contributed by atoms with E-state index in [1.165, 1.54) is 25.1 Å². The maximum Gasteiger partial charge on any atom is 0.335 e. The van der Waals surface area contributed by atoms with Crippen molar-refractivity contribution in [3.63, 3.8) is 0 Å². The lowest BCUT2D eigenvalue weighted by Gasteiger charge is -2.01. The SMILES string of the molecule is O=C(O)c1ccnc(-n2cnc(C3CC3)c2)c1. The number of rotatable bonds is 3. The average Bonchev–Trinajstić information content (AvgIpc) is 3.07. The van der Waals surface area contributed by atoms with E-state index in [1.54, 1.807) is 17.0 Å². The van der Waals surface area contributed by atoms with Crippen LogP contribution in [-0.2, 0) is 0 Å². The molecule has 1 saturated carbocycles. The molecular formula is C12H11N3O2. The van der Waals surface area contributed by atoms with Crippen LogP contribution in [0.1, 0.15) is 34.8 Å². The molecule has 2 heterocycles. The van der Waals surface area contributed by atoms with E-state index in [0.29, 0.717) is 11.7 Å². The Morgan fingerprint density at radius 3 is 2.94 bits per heavy atom. The molecule has 1 aliphatic rings. The van der Waals surface area contributed by atoms with Gasteiger partial charge in [0.15, 0.2) is 0 Å². The first kappa shape index (κ1) is 10.0. The van der Waals surface area contributed by atoms with Crippen LogP contribution < -0.4 is 0 Å². The zero-order valence-corrected chi connectivity index (χ0v) is 9.08. The maximum absolute atomic E-state index is 10.9. The van der Waals surface area contributed by atoms with Crippen molar-refractivity contribution in [1.29, 1.82) is 0 Å². The summed E-state index contributed by atoms with van der Waals surface area (Å²) >= 11 is 0. The third-order valence-electron chi connectivity index (χ3n) is 2.86. The number of imidazole rings is 1. The van der Waals surface area contributed by atoms with Crippen LogP contribution in [0.2, 0.25) is 0 Å². The fourth-order valence-corrected chi connectivity index (χ4v) is 1.75. The van der Waals surface area contributed by atoms with E-state index in [4.69, 9.17) is 5.11 Å². The van der Waals surface area contributed by atoms with Gasteiger partial charge < -0.3 is 5.11 Å². The lowest BCUT2D eigenvalue weighted by atomic mass is 10.2. The molecule has 2 aromatic rings. The summed E-state index contributed by atoms with van der Waals surface area (Å²) in [7, 11) is 0. The average molecular weight is 229 g/mol. The second-order valence-corrected chi connectivity index (χ2v) is 4.19. The molecule has 0 saturated heterocycles. The number of carboxylic acid groups (broad SMARTS) is 1. The number of hydrogen-bond donors (Lipinski definition) is 1. The Balaban J connectivity index is 1.96. The van der Waals surface area contributed by atoms with E-state index in [0.717, 1.165) is 5.69 Å². The van der Waals surface area contributed by atoms with Crippen molar-refractivity contribution in [2.75, 3.05) is 0 Å². The van der Waals surface area contributed by atoms with Crippen molar-refractivity contribution < 1.29 is 9.90 Å². The van der Waals surface area contributed by atoms with Crippen LogP contribution in [0.3, 0.4) is 0 Å². The zero-order valence-electron chi connectivity index (χ0n) is 9.08. The molecule has 2 aromatic heterocycles. The van der Waals surface area contributed by atoms with Gasteiger partial charge in [0.25, 0.3) is 0 Å². The summed E-state index contributed by atoms with van der Waals surface area (Å²) in [6.45, 7) is 0. The highest BCUT2D eigenvalue weighted by Crippen LogP contribution is 2.38. The summed E-state index contributed by atoms with van der Waals surface area (Å²) in [5, 5.41) is 8.91. The third kappa shape index (κ3) is 1.91. The highest BCUT2D eigenvalue weighted by molar-refractivity contribution is 5.87. The van der Waals surface area contributed by atoms with Crippen molar-refractivity contribution in [3.8, 4) is 5.82 Å². The maximum atomic E-state index is 10.9. The molecule has 0 aliphatic heterocycles. The smallest absolute Gasteiger partial charge is 0.335 e. The van der Waals surface area contributed by atoms with Gasteiger partial charge in [-0.15, -0.1) is 0 Å². The summed E-state index contributed by atoms with van der Waals surface area (Å²) < 4.78 is 1.76. The number of nitrogens with zero attached hydrogens (tertiary/aromatic N) is 3. The zero-order chi connectivity index (χ0) is 11.8. The van der Waals surface area contributed by atoms with Gasteiger partial charge in [0.2, 0.25) is 0 Å². The lowest BCUT2D eigenvalue weighted by molar-refractivity contribution is 0.0696. The van der Waals surface area contributed by atoms with E-state index < -0.39 is 5.97 Å². The van der Waals surface area contributed by atoms with Gasteiger partial charge in [-0.2, -0.15) is 0 Å². The number of carbonyl (C=O) groups is 1. The first-order valence-corrected chi connectivity index (χ1v) is 5.47. The van der Waals surface area contributed by atoms with Crippen LogP contribution in [0.25, 0.3) is 5.82 Å². The van der Waals surface area contributed by atoms with Crippen LogP contribution in [0.4, 0.5) is 0 Å². The Morgan fingerprint density at radius 1 is 1.41 bits per heavy atom. The number of aromatic carboxylic acids is 1. The largest absolute Gasteiger partial charge is 0.478 e. The van der Waals surface area contributed by atoms with Crippen molar-refractivity contribution in [1.82, 2.24) is 14.5 Å². The van der Waals surface area contributed by atoms with Crippen LogP contribution >= 0.6 is 0 Å². The van der Waals surface area contributed by atoms with Crippen LogP contribution in [0.15, 0.2) is 30.9 Å². The highest BCUT2D eigenvalue weighted by Gasteiger charge is 2.25. The molecular weight excluding hydrogens is 218 g/mol. The Morgan fingerprint density at radius 2 is 2.24 bits per heavy atom. The molecule has 3 rings (SSSR count). The Kier molecular flexibility index (Phi) is 2.18. The van der Waals surface area contributed by atoms with Gasteiger partial charge in [0, 0.05) is 18.3 Å². The number of hydrogen-bond acceptors (Lipinski definition) is 3. The molecule has 5 nitrogen and oxygen atoms in total. The van der Waals surface area contributed by atoms with Gasteiger partial charge in [0.05, 0.1) is 11.3 Å². The summed E-state index contributed by atoms with van der Waals surface area (Å²) in [5.74, 6) is 0.222. The monoisotopic (exact) mass is 229 g/mol. The first-order valence-electron chi connectivity index (χ1n) is 5.47. The Hall–Kier alpha value is -2.17. The summed E-state index contributed by atoms with van der Waals surface area (Å²) in [6.07, 6.45) is 7.49. The van der Waals surface area contributed by atoms with Crippen molar-refractivity contribution >= 4 is 5.97 Å². The predicted molar refractivity (Wildman–Crippen MR) is 60.3 cm³/mol. The van der Waals surface area contributed by atoms with E-state index in [9.17, 15) is 4.79 Å². The highest BCUT2D eigenvalue weighted by atomic mass is 16.4. The van der Waals surface area contributed by atoms with Gasteiger partial charge in [-0.05, 0) is 25.0 Å². The van der Waals surface area contributed by atoms with E-state index in [1.807, 2.05) is 6.20 Å².